The van der Waals surface area contributed by atoms with Crippen LogP contribution in [-0.2, 0) is 14.9 Å². The van der Waals surface area contributed by atoms with Gasteiger partial charge in [-0.25, -0.2) is 0 Å². The van der Waals surface area contributed by atoms with Gasteiger partial charge < -0.3 is 4.90 Å². The maximum Gasteiger partial charge on any atom is 0.264 e. The highest BCUT2D eigenvalue weighted by Crippen LogP contribution is 1.87. The summed E-state index contributed by atoms with van der Waals surface area (Å²) in [6.45, 7) is 10.5. The molecule has 0 aliphatic carbocycles. The van der Waals surface area contributed by atoms with Gasteiger partial charge in [0.25, 0.3) is 10.1 Å². The molecule has 0 fully saturated rings. The molecule has 0 aliphatic rings. The number of likely N-dealkylation sites (N-methyl/N-ethyl adjacent to an activating group) is 1. The van der Waals surface area contributed by atoms with Gasteiger partial charge in [-0.1, -0.05) is 13.5 Å². The first-order valence-electron chi connectivity index (χ1n) is 5.18. The fraction of sp³-hybridized carbons (Fsp3) is 0.700. The van der Waals surface area contributed by atoms with Crippen molar-refractivity contribution < 1.29 is 17.8 Å². The number of nitrogens with zero attached hydrogens (tertiary/aromatic N) is 1. The van der Waals surface area contributed by atoms with Gasteiger partial charge in [0.05, 0.1) is 5.75 Å². The van der Waals surface area contributed by atoms with Gasteiger partial charge in [-0.05, 0) is 26.3 Å². The number of hydrogen-bond donors (Lipinski definition) is 1. The van der Waals surface area contributed by atoms with Crippen LogP contribution in [0.2, 0.25) is 0 Å². The Balaban J connectivity index is 0. The molecule has 0 saturated carbocycles. The molecule has 0 saturated heterocycles. The van der Waals surface area contributed by atoms with E-state index in [-0.39, 0.29) is 11.7 Å². The molecular formula is C10H21NO4S. The van der Waals surface area contributed by atoms with E-state index in [1.807, 2.05) is 13.8 Å². The minimum absolute atomic E-state index is 0.0139. The van der Waals surface area contributed by atoms with Gasteiger partial charge in [-0.15, -0.1) is 0 Å². The van der Waals surface area contributed by atoms with Gasteiger partial charge in [-0.3, -0.25) is 9.35 Å². The maximum atomic E-state index is 10.8. The van der Waals surface area contributed by atoms with Crippen molar-refractivity contribution >= 4 is 16.0 Å². The molecule has 0 aromatic carbocycles. The molecule has 1 amide bonds. The Labute approximate surface area is 97.9 Å². The molecule has 0 spiro atoms. The van der Waals surface area contributed by atoms with Gasteiger partial charge in [0.2, 0.25) is 5.91 Å². The van der Waals surface area contributed by atoms with Gasteiger partial charge in [0.1, 0.15) is 0 Å². The quantitative estimate of drug-likeness (QED) is 0.591. The van der Waals surface area contributed by atoms with Crippen molar-refractivity contribution in [1.29, 1.82) is 0 Å². The van der Waals surface area contributed by atoms with E-state index in [0.29, 0.717) is 6.42 Å². The SMILES string of the molecule is C=CC(=O)N(CC)CC.CCCS(=O)(=O)O. The lowest BCUT2D eigenvalue weighted by atomic mass is 10.4. The lowest BCUT2D eigenvalue weighted by Crippen LogP contribution is -2.28. The van der Waals surface area contributed by atoms with E-state index >= 15 is 0 Å². The molecule has 0 radical (unpaired) electrons. The Morgan fingerprint density at radius 2 is 1.75 bits per heavy atom. The Morgan fingerprint density at radius 1 is 1.31 bits per heavy atom. The highest BCUT2D eigenvalue weighted by molar-refractivity contribution is 7.85. The maximum absolute atomic E-state index is 10.8. The molecule has 1 N–H and O–H groups in total. The Morgan fingerprint density at radius 3 is 1.81 bits per heavy atom. The molecule has 16 heavy (non-hydrogen) atoms. The van der Waals surface area contributed by atoms with E-state index in [0.717, 1.165) is 13.1 Å². The number of rotatable bonds is 5. The summed E-state index contributed by atoms with van der Waals surface area (Å²) in [5.41, 5.74) is 0. The summed E-state index contributed by atoms with van der Waals surface area (Å²) in [7, 11) is -3.67. The van der Waals surface area contributed by atoms with Crippen LogP contribution in [0.4, 0.5) is 0 Å². The van der Waals surface area contributed by atoms with Crippen LogP contribution in [0.1, 0.15) is 27.2 Å². The summed E-state index contributed by atoms with van der Waals surface area (Å²) in [6.07, 6.45) is 1.81. The number of carbonyl (C=O) groups excluding carboxylic acids is 1. The van der Waals surface area contributed by atoms with Crippen molar-refractivity contribution in [2.45, 2.75) is 27.2 Å². The first kappa shape index (κ1) is 17.5. The predicted octanol–water partition coefficient (Wildman–Crippen LogP) is 1.33. The molecule has 0 aromatic rings. The highest BCUT2D eigenvalue weighted by Gasteiger charge is 2.01. The van der Waals surface area contributed by atoms with E-state index in [9.17, 15) is 13.2 Å². The normalized spacial score (nSPS) is 10.0. The lowest BCUT2D eigenvalue weighted by molar-refractivity contribution is -0.125. The molecule has 0 unspecified atom stereocenters. The van der Waals surface area contributed by atoms with Gasteiger partial charge in [0.15, 0.2) is 0 Å². The molecule has 0 heterocycles. The summed E-state index contributed by atoms with van der Waals surface area (Å²) in [6, 6.07) is 0. The smallest absolute Gasteiger partial charge is 0.264 e. The second-order valence-electron chi connectivity index (χ2n) is 3.00. The monoisotopic (exact) mass is 251 g/mol. The van der Waals surface area contributed by atoms with E-state index in [2.05, 4.69) is 6.58 Å². The first-order chi connectivity index (χ1) is 7.32. The molecule has 5 nitrogen and oxygen atoms in total. The Hall–Kier alpha value is -0.880. The Bertz CT molecular complexity index is 294. The predicted molar refractivity (Wildman–Crippen MR) is 64.8 cm³/mol. The zero-order valence-corrected chi connectivity index (χ0v) is 11.0. The van der Waals surface area contributed by atoms with Crippen LogP contribution in [0.25, 0.3) is 0 Å². The molecular weight excluding hydrogens is 230 g/mol. The third-order valence-corrected chi connectivity index (χ3v) is 2.64. The number of amides is 1. The molecule has 0 bridgehead atoms. The van der Waals surface area contributed by atoms with Gasteiger partial charge in [0, 0.05) is 13.1 Å². The highest BCUT2D eigenvalue weighted by atomic mass is 32.2. The standard InChI is InChI=1S/C7H13NO.C3H8O3S/c1-4-7(9)8(5-2)6-3;1-2-3-7(4,5)6/h4H,1,5-6H2,2-3H3;2-3H2,1H3,(H,4,5,6). The fourth-order valence-electron chi connectivity index (χ4n) is 0.922. The minimum Gasteiger partial charge on any atom is -0.340 e. The first-order valence-corrected chi connectivity index (χ1v) is 6.79. The Kier molecular flexibility index (Phi) is 10.2. The molecule has 0 aliphatic heterocycles. The fourth-order valence-corrected chi connectivity index (χ4v) is 1.44. The molecule has 96 valence electrons. The van der Waals surface area contributed by atoms with Gasteiger partial charge >= 0.3 is 0 Å². The molecule has 0 atom stereocenters. The van der Waals surface area contributed by atoms with Gasteiger partial charge in [-0.2, -0.15) is 8.42 Å². The van der Waals surface area contributed by atoms with E-state index < -0.39 is 10.1 Å². The number of hydrogen-bond acceptors (Lipinski definition) is 3. The number of carbonyl (C=O) groups is 1. The zero-order valence-electron chi connectivity index (χ0n) is 10.1. The van der Waals surface area contributed by atoms with Crippen LogP contribution >= 0.6 is 0 Å². The van der Waals surface area contributed by atoms with Crippen molar-refractivity contribution in [3.05, 3.63) is 12.7 Å². The van der Waals surface area contributed by atoms with Crippen LogP contribution in [0.3, 0.4) is 0 Å². The topological polar surface area (TPSA) is 74.7 Å². The minimum atomic E-state index is -3.67. The molecule has 6 heteroatoms. The average molecular weight is 251 g/mol. The summed E-state index contributed by atoms with van der Waals surface area (Å²) >= 11 is 0. The second-order valence-corrected chi connectivity index (χ2v) is 4.57. The van der Waals surface area contributed by atoms with E-state index in [1.54, 1.807) is 11.8 Å². The third-order valence-electron chi connectivity index (χ3n) is 1.71. The van der Waals surface area contributed by atoms with Crippen LogP contribution in [-0.4, -0.2) is 42.6 Å². The van der Waals surface area contributed by atoms with E-state index in [1.165, 1.54) is 6.08 Å². The third kappa shape index (κ3) is 11.2. The summed E-state index contributed by atoms with van der Waals surface area (Å²) < 4.78 is 27.6. The van der Waals surface area contributed by atoms with E-state index in [4.69, 9.17) is 4.55 Å². The van der Waals surface area contributed by atoms with Crippen molar-refractivity contribution in [2.75, 3.05) is 18.8 Å². The summed E-state index contributed by atoms with van der Waals surface area (Å²) in [5, 5.41) is 0. The van der Waals surface area contributed by atoms with Crippen LogP contribution in [0.5, 0.6) is 0 Å². The lowest BCUT2D eigenvalue weighted by Gasteiger charge is -2.15. The summed E-state index contributed by atoms with van der Waals surface area (Å²) in [5.74, 6) is -0.118. The van der Waals surface area contributed by atoms with Crippen LogP contribution in [0.15, 0.2) is 12.7 Å². The molecule has 0 rings (SSSR count). The largest absolute Gasteiger partial charge is 0.340 e. The zero-order chi connectivity index (χ0) is 13.2. The molecule has 0 aromatic heterocycles. The van der Waals surface area contributed by atoms with Crippen LogP contribution < -0.4 is 0 Å². The van der Waals surface area contributed by atoms with Crippen molar-refractivity contribution in [2.24, 2.45) is 0 Å². The van der Waals surface area contributed by atoms with Crippen molar-refractivity contribution in [1.82, 2.24) is 4.90 Å². The average Bonchev–Trinajstić information content (AvgIpc) is 2.18. The van der Waals surface area contributed by atoms with Crippen molar-refractivity contribution in [3.8, 4) is 0 Å². The second kappa shape index (κ2) is 9.35. The summed E-state index contributed by atoms with van der Waals surface area (Å²) in [4.78, 5) is 12.5. The van der Waals surface area contributed by atoms with Crippen molar-refractivity contribution in [3.63, 3.8) is 0 Å². The van der Waals surface area contributed by atoms with Crippen LogP contribution in [0, 0.1) is 0 Å².